The molecule has 0 radical (unpaired) electrons. The molecule has 5 heteroatoms. The predicted molar refractivity (Wildman–Crippen MR) is 71.9 cm³/mol. The minimum atomic E-state index is -0.0641. The van der Waals surface area contributed by atoms with Crippen molar-refractivity contribution in [3.63, 3.8) is 0 Å². The number of hydrogen-bond acceptors (Lipinski definition) is 4. The number of carbonyl (C=O) groups is 1. The van der Waals surface area contributed by atoms with Gasteiger partial charge in [0, 0.05) is 44.5 Å². The summed E-state index contributed by atoms with van der Waals surface area (Å²) < 4.78 is 0. The molecule has 0 aliphatic rings. The van der Waals surface area contributed by atoms with Gasteiger partial charge in [0.15, 0.2) is 0 Å². The van der Waals surface area contributed by atoms with Gasteiger partial charge in [0.25, 0.3) is 0 Å². The van der Waals surface area contributed by atoms with Crippen molar-refractivity contribution in [3.05, 3.63) is 30.1 Å². The molecule has 1 aromatic heterocycles. The van der Waals surface area contributed by atoms with Crippen LogP contribution in [0.5, 0.6) is 0 Å². The molecule has 0 aromatic carbocycles. The molecule has 18 heavy (non-hydrogen) atoms. The van der Waals surface area contributed by atoms with Crippen LogP contribution in [0.1, 0.15) is 18.5 Å². The number of amides is 1. The quantitative estimate of drug-likeness (QED) is 0.766. The number of aromatic nitrogens is 1. The number of pyridine rings is 1. The highest BCUT2D eigenvalue weighted by molar-refractivity contribution is 5.78. The number of nitrogens with two attached hydrogens (primary N) is 1. The maximum Gasteiger partial charge on any atom is 0.223 e. The molecule has 0 spiro atoms. The number of likely N-dealkylation sites (N-methyl/N-ethyl adjacent to an activating group) is 1. The summed E-state index contributed by atoms with van der Waals surface area (Å²) in [6.45, 7) is 3.07. The Hall–Kier alpha value is -1.46. The summed E-state index contributed by atoms with van der Waals surface area (Å²) in [5.41, 5.74) is 6.90. The minimum absolute atomic E-state index is 0.0452. The van der Waals surface area contributed by atoms with Crippen molar-refractivity contribution in [2.24, 2.45) is 11.7 Å². The Labute approximate surface area is 108 Å². The van der Waals surface area contributed by atoms with Crippen LogP contribution in [-0.4, -0.2) is 43.0 Å². The van der Waals surface area contributed by atoms with Crippen LogP contribution >= 0.6 is 0 Å². The Balaban J connectivity index is 2.69. The van der Waals surface area contributed by atoms with Crippen molar-refractivity contribution in [1.29, 1.82) is 0 Å². The third-order valence-electron chi connectivity index (χ3n) is 3.08. The fraction of sp³-hybridized carbons (Fsp3) is 0.538. The molecular formula is C13H22N4O. The van der Waals surface area contributed by atoms with Crippen LogP contribution in [0.3, 0.4) is 0 Å². The van der Waals surface area contributed by atoms with E-state index < -0.39 is 0 Å². The summed E-state index contributed by atoms with van der Waals surface area (Å²) in [4.78, 5) is 17.7. The van der Waals surface area contributed by atoms with E-state index in [0.717, 1.165) is 5.56 Å². The Bertz CT molecular complexity index is 369. The number of nitrogens with zero attached hydrogens (tertiary/aromatic N) is 2. The highest BCUT2D eigenvalue weighted by Gasteiger charge is 2.20. The van der Waals surface area contributed by atoms with Crippen LogP contribution in [-0.2, 0) is 4.79 Å². The lowest BCUT2D eigenvalue weighted by Crippen LogP contribution is -2.38. The molecule has 100 valence electrons. The Morgan fingerprint density at radius 2 is 2.33 bits per heavy atom. The third-order valence-corrected chi connectivity index (χ3v) is 3.08. The smallest absolute Gasteiger partial charge is 0.223 e. The molecule has 0 aliphatic carbocycles. The van der Waals surface area contributed by atoms with E-state index in [0.29, 0.717) is 13.1 Å². The predicted octanol–water partition coefficient (Wildman–Crippen LogP) is 0.395. The summed E-state index contributed by atoms with van der Waals surface area (Å²) in [5.74, 6) is -0.0190. The Morgan fingerprint density at radius 3 is 2.83 bits per heavy atom. The summed E-state index contributed by atoms with van der Waals surface area (Å²) in [6.07, 6.45) is 3.56. The topological polar surface area (TPSA) is 71.2 Å². The minimum Gasteiger partial charge on any atom is -0.359 e. The fourth-order valence-electron chi connectivity index (χ4n) is 2.03. The average Bonchev–Trinajstić information content (AvgIpc) is 2.39. The van der Waals surface area contributed by atoms with Crippen molar-refractivity contribution in [2.75, 3.05) is 27.2 Å². The van der Waals surface area contributed by atoms with Gasteiger partial charge in [-0.1, -0.05) is 13.0 Å². The fourth-order valence-corrected chi connectivity index (χ4v) is 2.03. The molecule has 2 unspecified atom stereocenters. The molecule has 3 N–H and O–H groups in total. The Morgan fingerprint density at radius 1 is 1.61 bits per heavy atom. The molecule has 0 aliphatic heterocycles. The molecule has 1 heterocycles. The molecule has 0 bridgehead atoms. The van der Waals surface area contributed by atoms with Crippen LogP contribution in [0.2, 0.25) is 0 Å². The van der Waals surface area contributed by atoms with Gasteiger partial charge in [-0.3, -0.25) is 14.7 Å². The number of carbonyl (C=O) groups excluding carboxylic acids is 1. The van der Waals surface area contributed by atoms with E-state index in [-0.39, 0.29) is 17.9 Å². The lowest BCUT2D eigenvalue weighted by Gasteiger charge is -2.29. The lowest BCUT2D eigenvalue weighted by molar-refractivity contribution is -0.124. The molecule has 1 aromatic rings. The van der Waals surface area contributed by atoms with Gasteiger partial charge in [-0.05, 0) is 18.7 Å². The summed E-state index contributed by atoms with van der Waals surface area (Å²) in [7, 11) is 3.63. The summed E-state index contributed by atoms with van der Waals surface area (Å²) in [6, 6.07) is 3.99. The first-order chi connectivity index (χ1) is 8.60. The van der Waals surface area contributed by atoms with Crippen LogP contribution < -0.4 is 11.1 Å². The van der Waals surface area contributed by atoms with E-state index in [1.165, 1.54) is 0 Å². The first kappa shape index (κ1) is 14.6. The van der Waals surface area contributed by atoms with Gasteiger partial charge < -0.3 is 11.1 Å². The zero-order valence-corrected chi connectivity index (χ0v) is 11.3. The first-order valence-corrected chi connectivity index (χ1v) is 6.12. The Kier molecular flexibility index (Phi) is 5.74. The molecule has 1 amide bonds. The van der Waals surface area contributed by atoms with Gasteiger partial charge in [0.1, 0.15) is 0 Å². The number of hydrogen-bond donors (Lipinski definition) is 2. The standard InChI is InChI=1S/C13H22N4O/c1-10(13(18)15-2)9-17(3)12(7-14)11-5-4-6-16-8-11/h4-6,8,10,12H,7,9,14H2,1-3H3,(H,15,18). The SMILES string of the molecule is CNC(=O)C(C)CN(C)C(CN)c1cccnc1. The van der Waals surface area contributed by atoms with Crippen molar-refractivity contribution < 1.29 is 4.79 Å². The third kappa shape index (κ3) is 3.78. The summed E-state index contributed by atoms with van der Waals surface area (Å²) in [5, 5.41) is 2.66. The second kappa shape index (κ2) is 7.08. The molecule has 0 saturated heterocycles. The zero-order chi connectivity index (χ0) is 13.5. The average molecular weight is 250 g/mol. The maximum absolute atomic E-state index is 11.5. The second-order valence-corrected chi connectivity index (χ2v) is 4.49. The van der Waals surface area contributed by atoms with E-state index >= 15 is 0 Å². The monoisotopic (exact) mass is 250 g/mol. The van der Waals surface area contributed by atoms with Crippen molar-refractivity contribution >= 4 is 5.91 Å². The highest BCUT2D eigenvalue weighted by Crippen LogP contribution is 2.18. The second-order valence-electron chi connectivity index (χ2n) is 4.49. The van der Waals surface area contributed by atoms with Crippen LogP contribution in [0.4, 0.5) is 0 Å². The normalized spacial score (nSPS) is 14.3. The van der Waals surface area contributed by atoms with Gasteiger partial charge in [0.2, 0.25) is 5.91 Å². The molecule has 0 saturated carbocycles. The zero-order valence-electron chi connectivity index (χ0n) is 11.3. The molecular weight excluding hydrogens is 228 g/mol. The molecule has 0 fully saturated rings. The number of rotatable bonds is 6. The number of nitrogens with one attached hydrogen (secondary N) is 1. The van der Waals surface area contributed by atoms with Gasteiger partial charge in [-0.2, -0.15) is 0 Å². The van der Waals surface area contributed by atoms with Gasteiger partial charge in [-0.25, -0.2) is 0 Å². The largest absolute Gasteiger partial charge is 0.359 e. The van der Waals surface area contributed by atoms with Gasteiger partial charge in [-0.15, -0.1) is 0 Å². The van der Waals surface area contributed by atoms with Crippen molar-refractivity contribution in [3.8, 4) is 0 Å². The maximum atomic E-state index is 11.5. The van der Waals surface area contributed by atoms with Gasteiger partial charge in [0.05, 0.1) is 0 Å². The van der Waals surface area contributed by atoms with Crippen LogP contribution in [0, 0.1) is 5.92 Å². The van der Waals surface area contributed by atoms with E-state index in [1.54, 1.807) is 13.2 Å². The van der Waals surface area contributed by atoms with Crippen molar-refractivity contribution in [2.45, 2.75) is 13.0 Å². The van der Waals surface area contributed by atoms with Crippen LogP contribution in [0.25, 0.3) is 0 Å². The summed E-state index contributed by atoms with van der Waals surface area (Å²) >= 11 is 0. The van der Waals surface area contributed by atoms with Crippen LogP contribution in [0.15, 0.2) is 24.5 Å². The molecule has 2 atom stereocenters. The van der Waals surface area contributed by atoms with Gasteiger partial charge >= 0.3 is 0 Å². The first-order valence-electron chi connectivity index (χ1n) is 6.12. The highest BCUT2D eigenvalue weighted by atomic mass is 16.1. The van der Waals surface area contributed by atoms with E-state index in [9.17, 15) is 4.79 Å². The van der Waals surface area contributed by atoms with Crippen molar-refractivity contribution in [1.82, 2.24) is 15.2 Å². The molecule has 1 rings (SSSR count). The van der Waals surface area contributed by atoms with E-state index in [1.807, 2.05) is 32.3 Å². The van der Waals surface area contributed by atoms with E-state index in [4.69, 9.17) is 5.73 Å². The lowest BCUT2D eigenvalue weighted by atomic mass is 10.1. The van der Waals surface area contributed by atoms with E-state index in [2.05, 4.69) is 15.2 Å². The molecule has 5 nitrogen and oxygen atoms in total.